The van der Waals surface area contributed by atoms with E-state index in [1.165, 1.54) is 31.8 Å². The number of hydrogen-bond acceptors (Lipinski definition) is 3. The van der Waals surface area contributed by atoms with Gasteiger partial charge in [0.25, 0.3) is 0 Å². The van der Waals surface area contributed by atoms with Crippen molar-refractivity contribution < 1.29 is 13.9 Å². The van der Waals surface area contributed by atoms with Crippen molar-refractivity contribution in [1.29, 1.82) is 0 Å². The summed E-state index contributed by atoms with van der Waals surface area (Å²) >= 11 is 0. The lowest BCUT2D eigenvalue weighted by Gasteiger charge is -2.35. The first-order valence-corrected chi connectivity index (χ1v) is 15.0. The van der Waals surface area contributed by atoms with Crippen LogP contribution >= 0.6 is 0 Å². The molecule has 1 aliphatic rings. The molecule has 168 valence electrons. The van der Waals surface area contributed by atoms with Crippen LogP contribution in [0.4, 0.5) is 0 Å². The van der Waals surface area contributed by atoms with E-state index in [0.717, 1.165) is 36.6 Å². The summed E-state index contributed by atoms with van der Waals surface area (Å²) in [4.78, 5) is 11.6. The molecular weight excluding hydrogens is 388 g/mol. The molecule has 0 saturated heterocycles. The highest BCUT2D eigenvalue weighted by Crippen LogP contribution is 2.42. The van der Waals surface area contributed by atoms with Crippen molar-refractivity contribution in [1.82, 2.24) is 0 Å². The third-order valence-electron chi connectivity index (χ3n) is 6.42. The first kappa shape index (κ1) is 24.7. The SMILES string of the molecule is CC(=O)OC(CCC=C(C)CCC1=C(C)CCCC1(C)C)c1coc([Si](C)(C)C)c1. The van der Waals surface area contributed by atoms with Gasteiger partial charge < -0.3 is 9.15 Å². The van der Waals surface area contributed by atoms with Crippen LogP contribution in [-0.4, -0.2) is 14.0 Å². The van der Waals surface area contributed by atoms with Crippen LogP contribution in [0.3, 0.4) is 0 Å². The van der Waals surface area contributed by atoms with E-state index in [-0.39, 0.29) is 12.1 Å². The molecule has 0 aliphatic heterocycles. The predicted molar refractivity (Wildman–Crippen MR) is 129 cm³/mol. The second-order valence-electron chi connectivity index (χ2n) is 10.7. The van der Waals surface area contributed by atoms with Crippen LogP contribution in [-0.2, 0) is 9.53 Å². The van der Waals surface area contributed by atoms with Crippen LogP contribution in [0.5, 0.6) is 0 Å². The molecule has 0 amide bonds. The zero-order valence-corrected chi connectivity index (χ0v) is 21.5. The van der Waals surface area contributed by atoms with Crippen molar-refractivity contribution in [3.63, 3.8) is 0 Å². The van der Waals surface area contributed by atoms with Gasteiger partial charge in [-0.3, -0.25) is 4.79 Å². The van der Waals surface area contributed by atoms with Gasteiger partial charge in [0.2, 0.25) is 0 Å². The Morgan fingerprint density at radius 2 is 2.00 bits per heavy atom. The van der Waals surface area contributed by atoms with Gasteiger partial charge in [-0.2, -0.15) is 0 Å². The largest absolute Gasteiger partial charge is 0.474 e. The zero-order valence-electron chi connectivity index (χ0n) is 20.5. The van der Waals surface area contributed by atoms with Gasteiger partial charge in [-0.25, -0.2) is 0 Å². The first-order valence-electron chi connectivity index (χ1n) is 11.5. The van der Waals surface area contributed by atoms with Crippen molar-refractivity contribution in [2.75, 3.05) is 0 Å². The van der Waals surface area contributed by atoms with Crippen LogP contribution in [0.15, 0.2) is 39.5 Å². The van der Waals surface area contributed by atoms with Crippen LogP contribution < -0.4 is 5.38 Å². The van der Waals surface area contributed by atoms with Gasteiger partial charge in [-0.15, -0.1) is 0 Å². The molecular formula is C26H42O3Si. The van der Waals surface area contributed by atoms with Gasteiger partial charge in [0.05, 0.1) is 11.6 Å². The lowest BCUT2D eigenvalue weighted by Crippen LogP contribution is -2.36. The highest BCUT2D eigenvalue weighted by atomic mass is 28.3. The number of carbonyl (C=O) groups excluding carboxylic acids is 1. The molecule has 30 heavy (non-hydrogen) atoms. The number of rotatable bonds is 9. The Balaban J connectivity index is 1.97. The molecule has 3 nitrogen and oxygen atoms in total. The normalized spacial score (nSPS) is 18.5. The van der Waals surface area contributed by atoms with E-state index in [9.17, 15) is 4.79 Å². The van der Waals surface area contributed by atoms with E-state index in [4.69, 9.17) is 9.15 Å². The Bertz CT molecular complexity index is 789. The van der Waals surface area contributed by atoms with E-state index in [2.05, 4.69) is 59.5 Å². The molecule has 0 fully saturated rings. The molecule has 0 N–H and O–H groups in total. The molecule has 0 bridgehead atoms. The Morgan fingerprint density at radius 3 is 2.57 bits per heavy atom. The Hall–Kier alpha value is -1.55. The summed E-state index contributed by atoms with van der Waals surface area (Å²) in [6.07, 6.45) is 11.7. The minimum atomic E-state index is -1.52. The molecule has 1 heterocycles. The number of ether oxygens (including phenoxy) is 1. The lowest BCUT2D eigenvalue weighted by atomic mass is 9.71. The monoisotopic (exact) mass is 430 g/mol. The van der Waals surface area contributed by atoms with Gasteiger partial charge in [-0.05, 0) is 70.3 Å². The molecule has 2 rings (SSSR count). The van der Waals surface area contributed by atoms with Gasteiger partial charge in [0.1, 0.15) is 14.2 Å². The molecule has 0 spiro atoms. The number of esters is 1. The molecule has 4 heteroatoms. The second-order valence-corrected chi connectivity index (χ2v) is 15.7. The summed E-state index contributed by atoms with van der Waals surface area (Å²) in [7, 11) is -1.52. The van der Waals surface area contributed by atoms with Crippen LogP contribution in [0.2, 0.25) is 19.6 Å². The average Bonchev–Trinajstić information content (AvgIpc) is 3.10. The molecule has 1 aromatic heterocycles. The highest BCUT2D eigenvalue weighted by molar-refractivity contribution is 6.87. The van der Waals surface area contributed by atoms with Crippen molar-refractivity contribution in [3.8, 4) is 0 Å². The lowest BCUT2D eigenvalue weighted by molar-refractivity contribution is -0.147. The number of allylic oxidation sites excluding steroid dienone is 4. The van der Waals surface area contributed by atoms with Crippen molar-refractivity contribution in [3.05, 3.63) is 40.7 Å². The summed E-state index contributed by atoms with van der Waals surface area (Å²) in [5, 5.41) is 1.06. The Labute approximate surface area is 185 Å². The molecule has 0 saturated carbocycles. The summed E-state index contributed by atoms with van der Waals surface area (Å²) in [5.74, 6) is -0.238. The maximum atomic E-state index is 11.6. The first-order chi connectivity index (χ1) is 13.9. The molecule has 0 radical (unpaired) electrons. The summed E-state index contributed by atoms with van der Waals surface area (Å²) in [6.45, 7) is 17.6. The van der Waals surface area contributed by atoms with E-state index < -0.39 is 8.07 Å². The van der Waals surface area contributed by atoms with Crippen LogP contribution in [0.1, 0.15) is 91.2 Å². The maximum Gasteiger partial charge on any atom is 0.303 e. The molecule has 1 aromatic rings. The maximum absolute atomic E-state index is 11.6. The minimum absolute atomic E-state index is 0.234. The van der Waals surface area contributed by atoms with E-state index >= 15 is 0 Å². The fourth-order valence-corrected chi connectivity index (χ4v) is 5.55. The van der Waals surface area contributed by atoms with Crippen molar-refractivity contribution >= 4 is 19.4 Å². The number of carbonyl (C=O) groups is 1. The minimum Gasteiger partial charge on any atom is -0.474 e. The topological polar surface area (TPSA) is 39.4 Å². The third kappa shape index (κ3) is 7.00. The fourth-order valence-electron chi connectivity index (χ4n) is 4.54. The van der Waals surface area contributed by atoms with Gasteiger partial charge in [0.15, 0.2) is 0 Å². The van der Waals surface area contributed by atoms with Gasteiger partial charge >= 0.3 is 5.97 Å². The summed E-state index contributed by atoms with van der Waals surface area (Å²) < 4.78 is 11.4. The quantitative estimate of drug-likeness (QED) is 0.232. The molecule has 1 aliphatic carbocycles. The second kappa shape index (κ2) is 10.2. The van der Waals surface area contributed by atoms with Gasteiger partial charge in [0, 0.05) is 12.5 Å². The van der Waals surface area contributed by atoms with E-state index in [1.54, 1.807) is 17.4 Å². The Morgan fingerprint density at radius 1 is 1.30 bits per heavy atom. The molecule has 0 aromatic carbocycles. The summed E-state index contributed by atoms with van der Waals surface area (Å²) in [6, 6.07) is 2.09. The summed E-state index contributed by atoms with van der Waals surface area (Å²) in [5.41, 5.74) is 6.02. The molecule has 1 unspecified atom stereocenters. The van der Waals surface area contributed by atoms with Crippen LogP contribution in [0, 0.1) is 5.41 Å². The van der Waals surface area contributed by atoms with Gasteiger partial charge in [-0.1, -0.05) is 56.3 Å². The number of hydrogen-bond donors (Lipinski definition) is 0. The standard InChI is InChI=1S/C26H42O3Si/c1-19(14-15-23-20(2)12-10-16-26(23,4)5)11-9-13-24(29-21(3)27)22-17-25(28-18-22)30(6,7)8/h11,17-18,24H,9-10,12-16H2,1-8H3. The third-order valence-corrected chi connectivity index (χ3v) is 8.16. The smallest absolute Gasteiger partial charge is 0.303 e. The fraction of sp³-hybridized carbons (Fsp3) is 0.654. The van der Waals surface area contributed by atoms with Crippen LogP contribution in [0.25, 0.3) is 0 Å². The average molecular weight is 431 g/mol. The predicted octanol–water partition coefficient (Wildman–Crippen LogP) is 7.46. The van der Waals surface area contributed by atoms with Crippen molar-refractivity contribution in [2.45, 2.75) is 105 Å². The van der Waals surface area contributed by atoms with E-state index in [1.807, 2.05) is 0 Å². The highest BCUT2D eigenvalue weighted by Gasteiger charge is 2.28. The van der Waals surface area contributed by atoms with Crippen molar-refractivity contribution in [2.24, 2.45) is 5.41 Å². The molecule has 1 atom stereocenters. The zero-order chi connectivity index (χ0) is 22.5. The number of furan rings is 1. The Kier molecular flexibility index (Phi) is 8.38. The van der Waals surface area contributed by atoms with E-state index in [0.29, 0.717) is 5.41 Å².